The first-order valence-electron chi connectivity index (χ1n) is 6.09. The van der Waals surface area contributed by atoms with Crippen LogP contribution in [0.15, 0.2) is 66.1 Å². The summed E-state index contributed by atoms with van der Waals surface area (Å²) in [6.07, 6.45) is 1.11. The van der Waals surface area contributed by atoms with Gasteiger partial charge in [0.2, 0.25) is 0 Å². The molecule has 2 aromatic carbocycles. The van der Waals surface area contributed by atoms with Gasteiger partial charge >= 0.3 is 5.97 Å². The highest BCUT2D eigenvalue weighted by Gasteiger charge is 2.06. The Labute approximate surface area is 122 Å². The molecule has 0 amide bonds. The van der Waals surface area contributed by atoms with E-state index in [1.54, 1.807) is 23.9 Å². The molecule has 0 saturated carbocycles. The van der Waals surface area contributed by atoms with Crippen molar-refractivity contribution in [3.8, 4) is 5.75 Å². The van der Waals surface area contributed by atoms with Crippen LogP contribution >= 0.6 is 11.8 Å². The Bertz CT molecular complexity index is 611. The number of nitrogens with two attached hydrogens (primary N) is 1. The largest absolute Gasteiger partial charge is 0.421 e. The topological polar surface area (TPSA) is 52.3 Å². The van der Waals surface area contributed by atoms with Gasteiger partial charge in [0.05, 0.1) is 5.69 Å². The van der Waals surface area contributed by atoms with E-state index >= 15 is 0 Å². The van der Waals surface area contributed by atoms with Gasteiger partial charge in [-0.1, -0.05) is 36.9 Å². The smallest absolute Gasteiger partial charge is 0.335 e. The highest BCUT2D eigenvalue weighted by Crippen LogP contribution is 2.30. The summed E-state index contributed by atoms with van der Waals surface area (Å²) in [6, 6.07) is 15.6. The zero-order valence-corrected chi connectivity index (χ0v) is 11.7. The number of anilines is 1. The molecule has 0 bridgehead atoms. The fraction of sp³-hybridized carbons (Fsp3) is 0.0625. The number of carbonyl (C=O) groups is 1. The molecule has 0 aliphatic carbocycles. The maximum atomic E-state index is 11.2. The Morgan fingerprint density at radius 2 is 2.00 bits per heavy atom. The van der Waals surface area contributed by atoms with Gasteiger partial charge in [-0.3, -0.25) is 0 Å². The Kier molecular flexibility index (Phi) is 4.85. The first kappa shape index (κ1) is 14.2. The molecule has 0 unspecified atom stereocenters. The molecule has 2 rings (SSSR count). The summed E-state index contributed by atoms with van der Waals surface area (Å²) in [5.41, 5.74) is 7.45. The summed E-state index contributed by atoms with van der Waals surface area (Å²) in [4.78, 5) is 12.2. The zero-order chi connectivity index (χ0) is 14.4. The molecule has 102 valence electrons. The molecule has 0 atom stereocenters. The predicted molar refractivity (Wildman–Crippen MR) is 82.7 cm³/mol. The van der Waals surface area contributed by atoms with Crippen molar-refractivity contribution in [3.05, 3.63) is 66.7 Å². The quantitative estimate of drug-likeness (QED) is 0.299. The Morgan fingerprint density at radius 1 is 1.25 bits per heavy atom. The van der Waals surface area contributed by atoms with E-state index in [4.69, 9.17) is 10.5 Å². The van der Waals surface area contributed by atoms with E-state index < -0.39 is 5.97 Å². The number of hydrogen-bond donors (Lipinski definition) is 1. The minimum atomic E-state index is -0.512. The minimum absolute atomic E-state index is 0.368. The molecular formula is C16H15NO2S. The number of carbonyl (C=O) groups excluding carboxylic acids is 1. The predicted octanol–water partition coefficient (Wildman–Crippen LogP) is 3.65. The fourth-order valence-electron chi connectivity index (χ4n) is 1.58. The molecule has 0 fully saturated rings. The summed E-state index contributed by atoms with van der Waals surface area (Å²) in [7, 11) is 0. The van der Waals surface area contributed by atoms with Crippen LogP contribution in [-0.2, 0) is 10.5 Å². The van der Waals surface area contributed by atoms with E-state index in [9.17, 15) is 4.79 Å². The number of benzene rings is 2. The van der Waals surface area contributed by atoms with Crippen LogP contribution < -0.4 is 10.5 Å². The first-order valence-corrected chi connectivity index (χ1v) is 7.08. The first-order chi connectivity index (χ1) is 9.69. The standard InChI is InChI=1S/C16H15NO2S/c1-2-16(18)19-15-10-13(8-9-14(15)17)20-11-12-6-4-3-5-7-12/h2-10H,1,11,17H2. The highest BCUT2D eigenvalue weighted by molar-refractivity contribution is 7.98. The Morgan fingerprint density at radius 3 is 2.70 bits per heavy atom. The van der Waals surface area contributed by atoms with E-state index in [-0.39, 0.29) is 0 Å². The lowest BCUT2D eigenvalue weighted by Gasteiger charge is -2.08. The van der Waals surface area contributed by atoms with Crippen molar-refractivity contribution >= 4 is 23.4 Å². The number of nitrogen functional groups attached to an aromatic ring is 1. The second-order valence-electron chi connectivity index (χ2n) is 4.10. The summed E-state index contributed by atoms with van der Waals surface area (Å²) in [5, 5.41) is 0. The molecule has 0 aromatic heterocycles. The summed E-state index contributed by atoms with van der Waals surface area (Å²) >= 11 is 1.66. The van der Waals surface area contributed by atoms with Gasteiger partial charge < -0.3 is 10.5 Å². The lowest BCUT2D eigenvalue weighted by molar-refractivity contribution is -0.128. The van der Waals surface area contributed by atoms with Crippen LogP contribution in [0.3, 0.4) is 0 Å². The molecule has 4 heteroatoms. The van der Waals surface area contributed by atoms with Crippen LogP contribution in [0.4, 0.5) is 5.69 Å². The van der Waals surface area contributed by atoms with Crippen LogP contribution in [0, 0.1) is 0 Å². The van der Waals surface area contributed by atoms with Crippen molar-refractivity contribution in [2.45, 2.75) is 10.6 Å². The van der Waals surface area contributed by atoms with E-state index in [0.29, 0.717) is 11.4 Å². The molecule has 0 aliphatic rings. The molecular weight excluding hydrogens is 270 g/mol. The van der Waals surface area contributed by atoms with Crippen molar-refractivity contribution < 1.29 is 9.53 Å². The van der Waals surface area contributed by atoms with Gasteiger partial charge in [-0.2, -0.15) is 0 Å². The second-order valence-corrected chi connectivity index (χ2v) is 5.15. The van der Waals surface area contributed by atoms with Gasteiger partial charge in [0.25, 0.3) is 0 Å². The zero-order valence-electron chi connectivity index (χ0n) is 10.9. The van der Waals surface area contributed by atoms with E-state index in [2.05, 4.69) is 18.7 Å². The molecule has 20 heavy (non-hydrogen) atoms. The van der Waals surface area contributed by atoms with E-state index in [1.165, 1.54) is 5.56 Å². The number of hydrogen-bond acceptors (Lipinski definition) is 4. The maximum absolute atomic E-state index is 11.2. The Balaban J connectivity index is 2.07. The molecule has 0 saturated heterocycles. The molecule has 0 heterocycles. The van der Waals surface area contributed by atoms with Crippen LogP contribution in [0.5, 0.6) is 5.75 Å². The molecule has 2 N–H and O–H groups in total. The molecule has 0 spiro atoms. The van der Waals surface area contributed by atoms with Gasteiger partial charge in [0.1, 0.15) is 0 Å². The van der Waals surface area contributed by atoms with Gasteiger partial charge in [0.15, 0.2) is 5.75 Å². The van der Waals surface area contributed by atoms with Crippen LogP contribution in [-0.4, -0.2) is 5.97 Å². The number of rotatable bonds is 5. The average Bonchev–Trinajstić information content (AvgIpc) is 2.49. The number of thioether (sulfide) groups is 1. The van der Waals surface area contributed by atoms with Crippen LogP contribution in [0.2, 0.25) is 0 Å². The summed E-state index contributed by atoms with van der Waals surface area (Å²) in [6.45, 7) is 3.36. The fourth-order valence-corrected chi connectivity index (χ4v) is 2.46. The Hall–Kier alpha value is -2.20. The highest BCUT2D eigenvalue weighted by atomic mass is 32.2. The van der Waals surface area contributed by atoms with Crippen molar-refractivity contribution in [1.82, 2.24) is 0 Å². The van der Waals surface area contributed by atoms with Crippen molar-refractivity contribution in [2.24, 2.45) is 0 Å². The lowest BCUT2D eigenvalue weighted by atomic mass is 10.2. The van der Waals surface area contributed by atoms with Gasteiger partial charge in [0, 0.05) is 16.7 Å². The van der Waals surface area contributed by atoms with Crippen LogP contribution in [0.1, 0.15) is 5.56 Å². The lowest BCUT2D eigenvalue weighted by Crippen LogP contribution is -2.05. The van der Waals surface area contributed by atoms with Crippen molar-refractivity contribution in [3.63, 3.8) is 0 Å². The van der Waals surface area contributed by atoms with Crippen molar-refractivity contribution in [2.75, 3.05) is 5.73 Å². The van der Waals surface area contributed by atoms with Gasteiger partial charge in [-0.15, -0.1) is 11.8 Å². The number of esters is 1. The summed E-state index contributed by atoms with van der Waals surface area (Å²) < 4.78 is 5.09. The minimum Gasteiger partial charge on any atom is -0.421 e. The van der Waals surface area contributed by atoms with Crippen molar-refractivity contribution in [1.29, 1.82) is 0 Å². The monoisotopic (exact) mass is 285 g/mol. The van der Waals surface area contributed by atoms with E-state index in [1.807, 2.05) is 24.3 Å². The third-order valence-electron chi connectivity index (χ3n) is 2.61. The third kappa shape index (κ3) is 3.90. The SMILES string of the molecule is C=CC(=O)Oc1cc(SCc2ccccc2)ccc1N. The average molecular weight is 285 g/mol. The van der Waals surface area contributed by atoms with Crippen LogP contribution in [0.25, 0.3) is 0 Å². The summed E-state index contributed by atoms with van der Waals surface area (Å²) in [5.74, 6) is 0.703. The van der Waals surface area contributed by atoms with Gasteiger partial charge in [-0.05, 0) is 23.8 Å². The number of ether oxygens (including phenoxy) is 1. The molecule has 0 radical (unpaired) electrons. The van der Waals surface area contributed by atoms with Gasteiger partial charge in [-0.25, -0.2) is 4.79 Å². The third-order valence-corrected chi connectivity index (χ3v) is 3.68. The molecule has 3 nitrogen and oxygen atoms in total. The van der Waals surface area contributed by atoms with E-state index in [0.717, 1.165) is 16.7 Å². The maximum Gasteiger partial charge on any atom is 0.335 e. The molecule has 0 aliphatic heterocycles. The second kappa shape index (κ2) is 6.82. The normalized spacial score (nSPS) is 10.0. The molecule has 2 aromatic rings.